The van der Waals surface area contributed by atoms with Crippen LogP contribution in [0.15, 0.2) is 18.2 Å². The summed E-state index contributed by atoms with van der Waals surface area (Å²) in [6.45, 7) is 5.11. The summed E-state index contributed by atoms with van der Waals surface area (Å²) in [6, 6.07) is 4.58. The van der Waals surface area contributed by atoms with Crippen molar-refractivity contribution in [1.82, 2.24) is 14.5 Å². The molecule has 2 heterocycles. The monoisotopic (exact) mass is 264 g/mol. The zero-order valence-electron chi connectivity index (χ0n) is 10.7. The summed E-state index contributed by atoms with van der Waals surface area (Å²) in [5.41, 5.74) is 7.40. The molecule has 2 N–H and O–H groups in total. The van der Waals surface area contributed by atoms with E-state index < -0.39 is 0 Å². The van der Waals surface area contributed by atoms with Crippen LogP contribution in [0.4, 0.5) is 10.3 Å². The average Bonchev–Trinajstić information content (AvgIpc) is 2.72. The number of rotatable bonds is 3. The Bertz CT molecular complexity index is 577. The lowest BCUT2D eigenvalue weighted by atomic mass is 10.3. The van der Waals surface area contributed by atoms with Gasteiger partial charge in [0, 0.05) is 32.2 Å². The number of nitrogens with two attached hydrogens (primary N) is 1. The lowest BCUT2D eigenvalue weighted by Gasteiger charge is -2.26. The average molecular weight is 264 g/mol. The van der Waals surface area contributed by atoms with E-state index in [0.29, 0.717) is 11.5 Å². The van der Waals surface area contributed by atoms with Crippen molar-refractivity contribution in [3.63, 3.8) is 0 Å². The SMILES string of the molecule is Nc1nc2cc(F)ccc2n1CCN1CCOCC1. The Kier molecular flexibility index (Phi) is 3.35. The number of benzene rings is 1. The van der Waals surface area contributed by atoms with E-state index in [9.17, 15) is 4.39 Å². The molecule has 0 saturated carbocycles. The standard InChI is InChI=1S/C13H17FN4O/c14-10-1-2-12-11(9-10)16-13(15)18(12)4-3-17-5-7-19-8-6-17/h1-2,9H,3-8H2,(H2,15,16). The van der Waals surface area contributed by atoms with Crippen LogP contribution in [0.25, 0.3) is 11.0 Å². The van der Waals surface area contributed by atoms with Crippen LogP contribution in [0.5, 0.6) is 0 Å². The number of anilines is 1. The van der Waals surface area contributed by atoms with Gasteiger partial charge >= 0.3 is 0 Å². The van der Waals surface area contributed by atoms with Crippen molar-refractivity contribution in [2.75, 3.05) is 38.6 Å². The lowest BCUT2D eigenvalue weighted by Crippen LogP contribution is -2.38. The molecule has 0 unspecified atom stereocenters. The fraction of sp³-hybridized carbons (Fsp3) is 0.462. The fourth-order valence-electron chi connectivity index (χ4n) is 2.42. The smallest absolute Gasteiger partial charge is 0.201 e. The molecule has 102 valence electrons. The number of morpholine rings is 1. The molecule has 1 aromatic heterocycles. The van der Waals surface area contributed by atoms with Crippen molar-refractivity contribution < 1.29 is 9.13 Å². The van der Waals surface area contributed by atoms with Gasteiger partial charge in [-0.05, 0) is 12.1 Å². The number of imidazole rings is 1. The van der Waals surface area contributed by atoms with E-state index in [1.807, 2.05) is 4.57 Å². The van der Waals surface area contributed by atoms with Crippen LogP contribution >= 0.6 is 0 Å². The zero-order chi connectivity index (χ0) is 13.2. The molecule has 3 rings (SSSR count). The summed E-state index contributed by atoms with van der Waals surface area (Å²) < 4.78 is 20.4. The van der Waals surface area contributed by atoms with Crippen molar-refractivity contribution >= 4 is 17.0 Å². The summed E-state index contributed by atoms with van der Waals surface area (Å²) in [5.74, 6) is 0.152. The predicted octanol–water partition coefficient (Wildman–Crippen LogP) is 1.09. The molecule has 0 atom stereocenters. The van der Waals surface area contributed by atoms with Crippen molar-refractivity contribution in [3.8, 4) is 0 Å². The van der Waals surface area contributed by atoms with E-state index in [-0.39, 0.29) is 5.82 Å². The van der Waals surface area contributed by atoms with E-state index >= 15 is 0 Å². The van der Waals surface area contributed by atoms with Gasteiger partial charge in [-0.3, -0.25) is 4.90 Å². The van der Waals surface area contributed by atoms with Crippen LogP contribution in [0, 0.1) is 5.82 Å². The first kappa shape index (κ1) is 12.4. The van der Waals surface area contributed by atoms with E-state index in [0.717, 1.165) is 44.9 Å². The molecule has 5 nitrogen and oxygen atoms in total. The zero-order valence-corrected chi connectivity index (χ0v) is 10.7. The quantitative estimate of drug-likeness (QED) is 0.901. The minimum Gasteiger partial charge on any atom is -0.379 e. The van der Waals surface area contributed by atoms with Crippen LogP contribution in [-0.4, -0.2) is 47.3 Å². The van der Waals surface area contributed by atoms with Crippen LogP contribution in [0.1, 0.15) is 0 Å². The molecule has 1 saturated heterocycles. The van der Waals surface area contributed by atoms with Gasteiger partial charge in [-0.15, -0.1) is 0 Å². The third-order valence-corrected chi connectivity index (χ3v) is 3.48. The second kappa shape index (κ2) is 5.14. The number of fused-ring (bicyclic) bond motifs is 1. The molecule has 0 spiro atoms. The Morgan fingerprint density at radius 1 is 1.26 bits per heavy atom. The summed E-state index contributed by atoms with van der Waals surface area (Å²) >= 11 is 0. The Hall–Kier alpha value is -1.66. The van der Waals surface area contributed by atoms with Crippen molar-refractivity contribution in [1.29, 1.82) is 0 Å². The molecular weight excluding hydrogens is 247 g/mol. The Balaban J connectivity index is 1.78. The van der Waals surface area contributed by atoms with Gasteiger partial charge < -0.3 is 15.0 Å². The van der Waals surface area contributed by atoms with Gasteiger partial charge in [0.05, 0.1) is 24.2 Å². The van der Waals surface area contributed by atoms with Gasteiger partial charge in [0.1, 0.15) is 5.82 Å². The summed E-state index contributed by atoms with van der Waals surface area (Å²) in [4.78, 5) is 6.53. The topological polar surface area (TPSA) is 56.3 Å². The van der Waals surface area contributed by atoms with E-state index in [1.54, 1.807) is 6.07 Å². The first-order valence-corrected chi connectivity index (χ1v) is 6.45. The van der Waals surface area contributed by atoms with Crippen molar-refractivity contribution in [2.45, 2.75) is 6.54 Å². The molecule has 19 heavy (non-hydrogen) atoms. The third-order valence-electron chi connectivity index (χ3n) is 3.48. The molecule has 1 aliphatic rings. The van der Waals surface area contributed by atoms with Crippen LogP contribution < -0.4 is 5.73 Å². The first-order valence-electron chi connectivity index (χ1n) is 6.45. The highest BCUT2D eigenvalue weighted by Gasteiger charge is 2.13. The number of ether oxygens (including phenoxy) is 1. The number of aromatic nitrogens is 2. The minimum absolute atomic E-state index is 0.287. The summed E-state index contributed by atoms with van der Waals surface area (Å²) in [7, 11) is 0. The van der Waals surface area contributed by atoms with E-state index in [1.165, 1.54) is 12.1 Å². The van der Waals surface area contributed by atoms with Gasteiger partial charge in [0.2, 0.25) is 5.95 Å². The minimum atomic E-state index is -0.287. The molecular formula is C13H17FN4O. The maximum atomic E-state index is 13.1. The highest BCUT2D eigenvalue weighted by Crippen LogP contribution is 2.18. The normalized spacial score (nSPS) is 17.1. The Morgan fingerprint density at radius 3 is 2.84 bits per heavy atom. The Labute approximate surface area is 110 Å². The maximum absolute atomic E-state index is 13.1. The largest absolute Gasteiger partial charge is 0.379 e. The molecule has 1 aliphatic heterocycles. The number of halogens is 1. The molecule has 0 bridgehead atoms. The predicted molar refractivity (Wildman–Crippen MR) is 71.4 cm³/mol. The van der Waals surface area contributed by atoms with Crippen molar-refractivity contribution in [3.05, 3.63) is 24.0 Å². The number of hydrogen-bond acceptors (Lipinski definition) is 4. The highest BCUT2D eigenvalue weighted by atomic mass is 19.1. The fourth-order valence-corrected chi connectivity index (χ4v) is 2.42. The molecule has 1 aromatic carbocycles. The first-order chi connectivity index (χ1) is 9.24. The molecule has 0 amide bonds. The summed E-state index contributed by atoms with van der Waals surface area (Å²) in [5, 5.41) is 0. The molecule has 0 aliphatic carbocycles. The van der Waals surface area contributed by atoms with Gasteiger partial charge in [-0.2, -0.15) is 0 Å². The van der Waals surface area contributed by atoms with E-state index in [2.05, 4.69) is 9.88 Å². The summed E-state index contributed by atoms with van der Waals surface area (Å²) in [6.07, 6.45) is 0. The third kappa shape index (κ3) is 2.54. The van der Waals surface area contributed by atoms with E-state index in [4.69, 9.17) is 10.5 Å². The van der Waals surface area contributed by atoms with Crippen LogP contribution in [-0.2, 0) is 11.3 Å². The van der Waals surface area contributed by atoms with Gasteiger partial charge in [-0.25, -0.2) is 9.37 Å². The molecule has 1 fully saturated rings. The lowest BCUT2D eigenvalue weighted by molar-refractivity contribution is 0.0366. The second-order valence-corrected chi connectivity index (χ2v) is 4.71. The number of nitrogen functional groups attached to an aromatic ring is 1. The highest BCUT2D eigenvalue weighted by molar-refractivity contribution is 5.78. The van der Waals surface area contributed by atoms with Gasteiger partial charge in [-0.1, -0.05) is 0 Å². The molecule has 0 radical (unpaired) electrons. The maximum Gasteiger partial charge on any atom is 0.201 e. The second-order valence-electron chi connectivity index (χ2n) is 4.71. The molecule has 2 aromatic rings. The van der Waals surface area contributed by atoms with Crippen molar-refractivity contribution in [2.24, 2.45) is 0 Å². The molecule has 6 heteroatoms. The van der Waals surface area contributed by atoms with Gasteiger partial charge in [0.25, 0.3) is 0 Å². The van der Waals surface area contributed by atoms with Crippen LogP contribution in [0.2, 0.25) is 0 Å². The Morgan fingerprint density at radius 2 is 2.05 bits per heavy atom. The van der Waals surface area contributed by atoms with Gasteiger partial charge in [0.15, 0.2) is 0 Å². The van der Waals surface area contributed by atoms with Crippen LogP contribution in [0.3, 0.4) is 0 Å². The number of nitrogens with zero attached hydrogens (tertiary/aromatic N) is 3. The number of hydrogen-bond donors (Lipinski definition) is 1.